The van der Waals surface area contributed by atoms with Crippen LogP contribution in [0.25, 0.3) is 0 Å². The Balaban J connectivity index is 2.10. The van der Waals surface area contributed by atoms with Crippen LogP contribution in [0.2, 0.25) is 5.02 Å². The maximum Gasteiger partial charge on any atom is 0.338 e. The minimum absolute atomic E-state index is 0.0183. The summed E-state index contributed by atoms with van der Waals surface area (Å²) in [6, 6.07) is 11.4. The van der Waals surface area contributed by atoms with Crippen molar-refractivity contribution >= 4 is 23.3 Å². The molecule has 0 N–H and O–H groups in total. The van der Waals surface area contributed by atoms with E-state index in [0.717, 1.165) is 17.2 Å². The van der Waals surface area contributed by atoms with E-state index in [0.29, 0.717) is 0 Å². The molecule has 2 aromatic carbocycles. The van der Waals surface area contributed by atoms with Crippen molar-refractivity contribution in [3.8, 4) is 0 Å². The van der Waals surface area contributed by atoms with Crippen LogP contribution in [0.4, 0.5) is 5.69 Å². The lowest BCUT2D eigenvalue weighted by atomic mass is 10.1. The highest BCUT2D eigenvalue weighted by atomic mass is 35.5. The first-order chi connectivity index (χ1) is 9.97. The van der Waals surface area contributed by atoms with Crippen molar-refractivity contribution in [2.24, 2.45) is 0 Å². The molecule has 0 atom stereocenters. The van der Waals surface area contributed by atoms with E-state index in [9.17, 15) is 14.9 Å². The number of carbonyl (C=O) groups excluding carboxylic acids is 1. The second-order valence-electron chi connectivity index (χ2n) is 4.49. The van der Waals surface area contributed by atoms with Crippen LogP contribution >= 0.6 is 11.6 Å². The number of nitrogens with zero attached hydrogens (tertiary/aromatic N) is 1. The van der Waals surface area contributed by atoms with Crippen LogP contribution in [-0.2, 0) is 11.3 Å². The lowest BCUT2D eigenvalue weighted by molar-refractivity contribution is -0.384. The quantitative estimate of drug-likeness (QED) is 0.488. The van der Waals surface area contributed by atoms with E-state index in [1.54, 1.807) is 0 Å². The van der Waals surface area contributed by atoms with Crippen molar-refractivity contribution in [3.05, 3.63) is 74.3 Å². The lowest BCUT2D eigenvalue weighted by Crippen LogP contribution is -2.06. The molecule has 2 aromatic rings. The van der Waals surface area contributed by atoms with Crippen molar-refractivity contribution in [1.29, 1.82) is 0 Å². The second kappa shape index (κ2) is 6.37. The molecule has 0 saturated heterocycles. The summed E-state index contributed by atoms with van der Waals surface area (Å²) in [5.41, 5.74) is 1.69. The Labute approximate surface area is 126 Å². The minimum atomic E-state index is -0.639. The zero-order chi connectivity index (χ0) is 15.4. The smallest absolute Gasteiger partial charge is 0.338 e. The normalized spacial score (nSPS) is 10.2. The molecule has 0 spiro atoms. The predicted molar refractivity (Wildman–Crippen MR) is 78.4 cm³/mol. The first kappa shape index (κ1) is 15.0. The second-order valence-corrected chi connectivity index (χ2v) is 4.90. The number of hydrogen-bond donors (Lipinski definition) is 0. The van der Waals surface area contributed by atoms with Gasteiger partial charge in [-0.2, -0.15) is 0 Å². The van der Waals surface area contributed by atoms with Crippen LogP contribution in [0, 0.1) is 17.0 Å². The highest BCUT2D eigenvalue weighted by molar-refractivity contribution is 6.32. The van der Waals surface area contributed by atoms with Gasteiger partial charge in [-0.25, -0.2) is 4.79 Å². The topological polar surface area (TPSA) is 69.4 Å². The summed E-state index contributed by atoms with van der Waals surface area (Å²) in [6.45, 7) is 2.05. The molecule has 0 fully saturated rings. The molecule has 0 heterocycles. The average molecular weight is 306 g/mol. The number of halogens is 1. The van der Waals surface area contributed by atoms with Crippen molar-refractivity contribution in [1.82, 2.24) is 0 Å². The number of ether oxygens (including phenoxy) is 1. The highest BCUT2D eigenvalue weighted by Gasteiger charge is 2.17. The standard InChI is InChI=1S/C15H12ClNO4/c1-10-3-2-4-11(7-10)9-21-15(18)12-5-6-13(16)14(8-12)17(19)20/h2-8H,9H2,1H3. The van der Waals surface area contributed by atoms with Gasteiger partial charge in [0.1, 0.15) is 11.6 Å². The van der Waals surface area contributed by atoms with E-state index < -0.39 is 10.9 Å². The highest BCUT2D eigenvalue weighted by Crippen LogP contribution is 2.25. The summed E-state index contributed by atoms with van der Waals surface area (Å²) in [5, 5.41) is 10.8. The fourth-order valence-electron chi connectivity index (χ4n) is 1.81. The molecule has 0 amide bonds. The number of esters is 1. The van der Waals surface area contributed by atoms with E-state index in [1.165, 1.54) is 12.1 Å². The summed E-state index contributed by atoms with van der Waals surface area (Å²) in [7, 11) is 0. The fourth-order valence-corrected chi connectivity index (χ4v) is 2.00. The molecule has 0 aliphatic rings. The number of carbonyl (C=O) groups is 1. The number of nitro benzene ring substituents is 1. The summed E-state index contributed by atoms with van der Waals surface area (Å²) in [4.78, 5) is 22.0. The number of nitro groups is 1. The molecule has 0 aliphatic carbocycles. The number of benzene rings is 2. The summed E-state index contributed by atoms with van der Waals surface area (Å²) in [6.07, 6.45) is 0. The van der Waals surface area contributed by atoms with Crippen LogP contribution in [-0.4, -0.2) is 10.9 Å². The third-order valence-electron chi connectivity index (χ3n) is 2.83. The zero-order valence-corrected chi connectivity index (χ0v) is 12.0. The number of aryl methyl sites for hydroxylation is 1. The van der Waals surface area contributed by atoms with Crippen LogP contribution < -0.4 is 0 Å². The maximum atomic E-state index is 11.9. The van der Waals surface area contributed by atoms with Crippen molar-refractivity contribution in [2.75, 3.05) is 0 Å². The van der Waals surface area contributed by atoms with Crippen molar-refractivity contribution in [2.45, 2.75) is 13.5 Å². The van der Waals surface area contributed by atoms with E-state index in [-0.39, 0.29) is 22.9 Å². The number of rotatable bonds is 4. The molecule has 2 rings (SSSR count). The largest absolute Gasteiger partial charge is 0.457 e. The monoisotopic (exact) mass is 305 g/mol. The van der Waals surface area contributed by atoms with Gasteiger partial charge in [-0.3, -0.25) is 10.1 Å². The van der Waals surface area contributed by atoms with Gasteiger partial charge in [-0.05, 0) is 24.6 Å². The molecule has 0 bridgehead atoms. The van der Waals surface area contributed by atoms with E-state index in [4.69, 9.17) is 16.3 Å². The van der Waals surface area contributed by atoms with E-state index in [2.05, 4.69) is 0 Å². The van der Waals surface area contributed by atoms with Gasteiger partial charge < -0.3 is 4.74 Å². The van der Waals surface area contributed by atoms with Gasteiger partial charge in [0, 0.05) is 6.07 Å². The Morgan fingerprint density at radius 1 is 1.29 bits per heavy atom. The van der Waals surface area contributed by atoms with Crippen LogP contribution in [0.3, 0.4) is 0 Å². The zero-order valence-electron chi connectivity index (χ0n) is 11.2. The summed E-state index contributed by atoms with van der Waals surface area (Å²) < 4.78 is 5.14. The molecule has 0 saturated carbocycles. The molecular formula is C15H12ClNO4. The molecule has 0 radical (unpaired) electrons. The lowest BCUT2D eigenvalue weighted by Gasteiger charge is -2.06. The summed E-state index contributed by atoms with van der Waals surface area (Å²) >= 11 is 5.69. The van der Waals surface area contributed by atoms with Gasteiger partial charge in [-0.1, -0.05) is 41.4 Å². The van der Waals surface area contributed by atoms with Crippen molar-refractivity contribution < 1.29 is 14.5 Å². The molecule has 6 heteroatoms. The molecule has 5 nitrogen and oxygen atoms in total. The Morgan fingerprint density at radius 3 is 2.71 bits per heavy atom. The third-order valence-corrected chi connectivity index (χ3v) is 3.15. The van der Waals surface area contributed by atoms with E-state index in [1.807, 2.05) is 31.2 Å². The first-order valence-electron chi connectivity index (χ1n) is 6.14. The average Bonchev–Trinajstić information content (AvgIpc) is 2.45. The van der Waals surface area contributed by atoms with Crippen LogP contribution in [0.15, 0.2) is 42.5 Å². The van der Waals surface area contributed by atoms with Gasteiger partial charge in [0.25, 0.3) is 5.69 Å². The molecule has 0 aromatic heterocycles. The number of hydrogen-bond acceptors (Lipinski definition) is 4. The maximum absolute atomic E-state index is 11.9. The predicted octanol–water partition coefficient (Wildman–Crippen LogP) is 3.91. The van der Waals surface area contributed by atoms with Crippen LogP contribution in [0.1, 0.15) is 21.5 Å². The first-order valence-corrected chi connectivity index (χ1v) is 6.52. The van der Waals surface area contributed by atoms with Crippen molar-refractivity contribution in [3.63, 3.8) is 0 Å². The fraction of sp³-hybridized carbons (Fsp3) is 0.133. The Hall–Kier alpha value is -2.40. The molecule has 0 unspecified atom stereocenters. The van der Waals surface area contributed by atoms with Gasteiger partial charge in [0.05, 0.1) is 10.5 Å². The van der Waals surface area contributed by atoms with Gasteiger partial charge in [-0.15, -0.1) is 0 Å². The molecular weight excluding hydrogens is 294 g/mol. The Kier molecular flexibility index (Phi) is 4.55. The molecule has 0 aliphatic heterocycles. The Bertz CT molecular complexity index is 700. The summed E-state index contributed by atoms with van der Waals surface area (Å²) in [5.74, 6) is -0.628. The third kappa shape index (κ3) is 3.79. The van der Waals surface area contributed by atoms with Crippen LogP contribution in [0.5, 0.6) is 0 Å². The van der Waals surface area contributed by atoms with Gasteiger partial charge in [0.2, 0.25) is 0 Å². The van der Waals surface area contributed by atoms with E-state index >= 15 is 0 Å². The SMILES string of the molecule is Cc1cccc(COC(=O)c2ccc(Cl)c([N+](=O)[O-])c2)c1. The minimum Gasteiger partial charge on any atom is -0.457 e. The Morgan fingerprint density at radius 2 is 2.05 bits per heavy atom. The van der Waals surface area contributed by atoms with Gasteiger partial charge >= 0.3 is 5.97 Å². The molecule has 21 heavy (non-hydrogen) atoms. The molecule has 108 valence electrons. The van der Waals surface area contributed by atoms with Gasteiger partial charge in [0.15, 0.2) is 0 Å².